The third-order valence-electron chi connectivity index (χ3n) is 5.04. The normalized spacial score (nSPS) is 29.7. The van der Waals surface area contributed by atoms with E-state index in [4.69, 9.17) is 4.74 Å². The Hall–Kier alpha value is -0.670. The molecule has 2 heterocycles. The van der Waals surface area contributed by atoms with Crippen LogP contribution < -0.4 is 10.1 Å². The van der Waals surface area contributed by atoms with E-state index in [2.05, 4.69) is 55.2 Å². The monoisotopic (exact) mass is 305 g/mol. The Kier molecular flexibility index (Phi) is 4.80. The molecule has 2 nitrogen and oxygen atoms in total. The van der Waals surface area contributed by atoms with Crippen LogP contribution in [-0.2, 0) is 0 Å². The second-order valence-corrected chi connectivity index (χ2v) is 8.11. The van der Waals surface area contributed by atoms with Gasteiger partial charge in [-0.15, -0.1) is 0 Å². The Bertz CT molecular complexity index is 470. The molecule has 0 saturated carbocycles. The van der Waals surface area contributed by atoms with Crippen molar-refractivity contribution in [1.29, 1.82) is 0 Å². The molecule has 2 aliphatic heterocycles. The highest BCUT2D eigenvalue weighted by atomic mass is 32.2. The molecule has 2 aliphatic rings. The Labute approximate surface area is 133 Å². The predicted molar refractivity (Wildman–Crippen MR) is 91.5 cm³/mol. The molecule has 1 N–H and O–H groups in total. The quantitative estimate of drug-likeness (QED) is 0.880. The summed E-state index contributed by atoms with van der Waals surface area (Å²) in [6.45, 7) is 6.62. The summed E-state index contributed by atoms with van der Waals surface area (Å²) in [5.74, 6) is 3.06. The fourth-order valence-electron chi connectivity index (χ4n) is 3.82. The second-order valence-electron chi connectivity index (χ2n) is 6.48. The van der Waals surface area contributed by atoms with Crippen LogP contribution in [0.1, 0.15) is 51.0 Å². The van der Waals surface area contributed by atoms with E-state index in [-0.39, 0.29) is 0 Å². The summed E-state index contributed by atoms with van der Waals surface area (Å²) in [4.78, 5) is 0. The smallest absolute Gasteiger partial charge is 0.122 e. The number of ether oxygens (including phenoxy) is 1. The lowest BCUT2D eigenvalue weighted by molar-refractivity contribution is 0.247. The lowest BCUT2D eigenvalue weighted by atomic mass is 9.82. The number of hydrogen-bond acceptors (Lipinski definition) is 3. The van der Waals surface area contributed by atoms with Crippen molar-refractivity contribution in [2.75, 3.05) is 18.9 Å². The summed E-state index contributed by atoms with van der Waals surface area (Å²) in [5, 5.41) is 3.78. The van der Waals surface area contributed by atoms with Crippen LogP contribution in [0.25, 0.3) is 0 Å². The fraction of sp³-hybridized carbons (Fsp3) is 0.667. The van der Waals surface area contributed by atoms with Gasteiger partial charge >= 0.3 is 0 Å². The third kappa shape index (κ3) is 3.24. The molecule has 3 unspecified atom stereocenters. The van der Waals surface area contributed by atoms with Crippen LogP contribution in [0.4, 0.5) is 0 Å². The molecule has 1 saturated heterocycles. The van der Waals surface area contributed by atoms with Crippen LogP contribution in [0.15, 0.2) is 24.3 Å². The lowest BCUT2D eigenvalue weighted by Crippen LogP contribution is -2.46. The van der Waals surface area contributed by atoms with Crippen LogP contribution >= 0.6 is 11.8 Å². The van der Waals surface area contributed by atoms with Crippen molar-refractivity contribution in [2.24, 2.45) is 0 Å². The molecule has 0 amide bonds. The van der Waals surface area contributed by atoms with Gasteiger partial charge in [-0.3, -0.25) is 0 Å². The molecule has 3 heteroatoms. The van der Waals surface area contributed by atoms with E-state index >= 15 is 0 Å². The molecule has 0 radical (unpaired) electrons. The topological polar surface area (TPSA) is 21.3 Å². The zero-order valence-corrected chi connectivity index (χ0v) is 14.0. The molecular formula is C18H27NOS. The van der Waals surface area contributed by atoms with Crippen LogP contribution in [0.5, 0.6) is 5.75 Å². The van der Waals surface area contributed by atoms with E-state index in [1.807, 2.05) is 0 Å². The minimum atomic E-state index is 0.406. The van der Waals surface area contributed by atoms with Crippen molar-refractivity contribution in [3.05, 3.63) is 29.8 Å². The van der Waals surface area contributed by atoms with Gasteiger partial charge in [-0.05, 0) is 62.5 Å². The van der Waals surface area contributed by atoms with Gasteiger partial charge in [0.2, 0.25) is 0 Å². The minimum absolute atomic E-state index is 0.406. The zero-order chi connectivity index (χ0) is 14.7. The van der Waals surface area contributed by atoms with Gasteiger partial charge < -0.3 is 10.1 Å². The highest BCUT2D eigenvalue weighted by Gasteiger charge is 2.39. The maximum atomic E-state index is 5.82. The molecule has 1 fully saturated rings. The molecule has 21 heavy (non-hydrogen) atoms. The van der Waals surface area contributed by atoms with Crippen molar-refractivity contribution in [1.82, 2.24) is 5.32 Å². The number of hydrogen-bond donors (Lipinski definition) is 1. The third-order valence-corrected chi connectivity index (χ3v) is 6.68. The van der Waals surface area contributed by atoms with Crippen molar-refractivity contribution in [3.8, 4) is 5.75 Å². The summed E-state index contributed by atoms with van der Waals surface area (Å²) < 4.78 is 6.23. The predicted octanol–water partition coefficient (Wildman–Crippen LogP) is 4.21. The van der Waals surface area contributed by atoms with Gasteiger partial charge in [0.05, 0.1) is 6.61 Å². The molecule has 116 valence electrons. The van der Waals surface area contributed by atoms with E-state index in [1.165, 1.54) is 30.6 Å². The molecule has 3 rings (SSSR count). The molecule has 0 aliphatic carbocycles. The number of benzene rings is 1. The molecule has 0 spiro atoms. The van der Waals surface area contributed by atoms with E-state index in [1.54, 1.807) is 0 Å². The number of fused-ring (bicyclic) bond motifs is 1. The van der Waals surface area contributed by atoms with Crippen molar-refractivity contribution < 1.29 is 4.74 Å². The Morgan fingerprint density at radius 2 is 2.29 bits per heavy atom. The van der Waals surface area contributed by atoms with E-state index in [0.29, 0.717) is 16.7 Å². The first-order valence-corrected chi connectivity index (χ1v) is 9.30. The van der Waals surface area contributed by atoms with Gasteiger partial charge in [0, 0.05) is 10.8 Å². The first-order chi connectivity index (χ1) is 10.2. The Morgan fingerprint density at radius 3 is 3.05 bits per heavy atom. The van der Waals surface area contributed by atoms with Crippen molar-refractivity contribution >= 4 is 11.8 Å². The fourth-order valence-corrected chi connectivity index (χ4v) is 5.24. The minimum Gasteiger partial charge on any atom is -0.493 e. The molecule has 1 aromatic rings. The van der Waals surface area contributed by atoms with E-state index < -0.39 is 0 Å². The zero-order valence-electron chi connectivity index (χ0n) is 13.2. The molecule has 0 bridgehead atoms. The summed E-state index contributed by atoms with van der Waals surface area (Å²) in [7, 11) is 0. The maximum absolute atomic E-state index is 5.82. The van der Waals surface area contributed by atoms with E-state index in [0.717, 1.165) is 25.3 Å². The van der Waals surface area contributed by atoms with Crippen LogP contribution in [0.3, 0.4) is 0 Å². The maximum Gasteiger partial charge on any atom is 0.122 e. The summed E-state index contributed by atoms with van der Waals surface area (Å²) >= 11 is 2.17. The van der Waals surface area contributed by atoms with Gasteiger partial charge in [0.1, 0.15) is 5.75 Å². The average molecular weight is 305 g/mol. The van der Waals surface area contributed by atoms with Crippen LogP contribution in [0.2, 0.25) is 0 Å². The number of para-hydroxylation sites is 1. The Balaban J connectivity index is 1.77. The summed E-state index contributed by atoms with van der Waals surface area (Å²) in [6, 6.07) is 9.21. The van der Waals surface area contributed by atoms with Gasteiger partial charge in [0.15, 0.2) is 0 Å². The Morgan fingerprint density at radius 1 is 1.43 bits per heavy atom. The highest BCUT2D eigenvalue weighted by Crippen LogP contribution is 2.45. The van der Waals surface area contributed by atoms with Gasteiger partial charge in [-0.2, -0.15) is 11.8 Å². The highest BCUT2D eigenvalue weighted by molar-refractivity contribution is 8.00. The number of rotatable bonds is 5. The van der Waals surface area contributed by atoms with Crippen molar-refractivity contribution in [2.45, 2.75) is 56.2 Å². The molecule has 1 aromatic carbocycles. The molecule has 0 aromatic heterocycles. The van der Waals surface area contributed by atoms with Crippen LogP contribution in [0, 0.1) is 0 Å². The molecular weight excluding hydrogens is 278 g/mol. The number of nitrogens with one attached hydrogen (secondary N) is 1. The lowest BCUT2D eigenvalue weighted by Gasteiger charge is -2.37. The van der Waals surface area contributed by atoms with E-state index in [9.17, 15) is 0 Å². The second kappa shape index (κ2) is 6.62. The SMILES string of the molecule is CCNC(CC1CCOc2ccccc21)C1(C)CCCS1. The van der Waals surface area contributed by atoms with Gasteiger partial charge in [-0.25, -0.2) is 0 Å². The summed E-state index contributed by atoms with van der Waals surface area (Å²) in [6.07, 6.45) is 5.10. The molecule has 3 atom stereocenters. The first kappa shape index (κ1) is 15.2. The first-order valence-electron chi connectivity index (χ1n) is 8.32. The van der Waals surface area contributed by atoms with Gasteiger partial charge in [-0.1, -0.05) is 25.1 Å². The van der Waals surface area contributed by atoms with Crippen LogP contribution in [-0.4, -0.2) is 29.7 Å². The van der Waals surface area contributed by atoms with Gasteiger partial charge in [0.25, 0.3) is 0 Å². The standard InChI is InChI=1S/C18H27NOS/c1-3-19-17(18(2)10-6-12-21-18)13-14-9-11-20-16-8-5-4-7-15(14)16/h4-5,7-8,14,17,19H,3,6,9-13H2,1-2H3. The average Bonchev–Trinajstić information content (AvgIpc) is 2.95. The number of thioether (sulfide) groups is 1. The largest absolute Gasteiger partial charge is 0.493 e. The van der Waals surface area contributed by atoms with Crippen molar-refractivity contribution in [3.63, 3.8) is 0 Å². The summed E-state index contributed by atoms with van der Waals surface area (Å²) in [5.41, 5.74) is 1.42.